The number of benzene rings is 1. The van der Waals surface area contributed by atoms with Crippen LogP contribution >= 0.6 is 0 Å². The summed E-state index contributed by atoms with van der Waals surface area (Å²) in [6.45, 7) is 0. The number of nitrogen functional groups attached to an aromatic ring is 1. The SMILES string of the molecule is CN(c1ccc(C(=N)N)cc1)S(=O)(=O)C(F)F. The second kappa shape index (κ2) is 4.66. The van der Waals surface area contributed by atoms with E-state index in [1.807, 2.05) is 0 Å². The van der Waals surface area contributed by atoms with Crippen LogP contribution in [0, 0.1) is 5.41 Å². The molecule has 0 aliphatic heterocycles. The Morgan fingerprint density at radius 2 is 1.82 bits per heavy atom. The van der Waals surface area contributed by atoms with Crippen LogP contribution in [0.15, 0.2) is 24.3 Å². The average molecular weight is 263 g/mol. The van der Waals surface area contributed by atoms with Gasteiger partial charge in [-0.05, 0) is 24.3 Å². The van der Waals surface area contributed by atoms with Crippen LogP contribution < -0.4 is 10.0 Å². The monoisotopic (exact) mass is 263 g/mol. The van der Waals surface area contributed by atoms with Crippen molar-refractivity contribution < 1.29 is 17.2 Å². The number of rotatable bonds is 4. The van der Waals surface area contributed by atoms with Crippen molar-refractivity contribution in [1.29, 1.82) is 5.41 Å². The first kappa shape index (κ1) is 13.4. The zero-order valence-corrected chi connectivity index (χ0v) is 9.71. The first-order chi connectivity index (χ1) is 7.76. The van der Waals surface area contributed by atoms with E-state index in [0.717, 1.165) is 7.05 Å². The zero-order chi connectivity index (χ0) is 13.2. The molecule has 0 aliphatic carbocycles. The van der Waals surface area contributed by atoms with Crippen molar-refractivity contribution in [3.63, 3.8) is 0 Å². The van der Waals surface area contributed by atoms with Crippen LogP contribution in [0.4, 0.5) is 14.5 Å². The molecule has 94 valence electrons. The summed E-state index contributed by atoms with van der Waals surface area (Å²) in [7, 11) is -3.62. The van der Waals surface area contributed by atoms with Gasteiger partial charge in [-0.1, -0.05) is 0 Å². The third-order valence-electron chi connectivity index (χ3n) is 2.15. The third-order valence-corrected chi connectivity index (χ3v) is 3.57. The number of anilines is 1. The normalized spacial score (nSPS) is 11.5. The van der Waals surface area contributed by atoms with Crippen LogP contribution in [0.1, 0.15) is 5.56 Å². The van der Waals surface area contributed by atoms with Crippen LogP contribution in [0.3, 0.4) is 0 Å². The smallest absolute Gasteiger partial charge is 0.355 e. The van der Waals surface area contributed by atoms with Crippen LogP contribution in [0.25, 0.3) is 0 Å². The fourth-order valence-electron chi connectivity index (χ4n) is 1.12. The number of sulfonamides is 1. The second-order valence-corrected chi connectivity index (χ2v) is 5.17. The maximum atomic E-state index is 12.3. The molecule has 0 heterocycles. The van der Waals surface area contributed by atoms with Gasteiger partial charge in [0.15, 0.2) is 0 Å². The lowest BCUT2D eigenvalue weighted by Crippen LogP contribution is -2.31. The van der Waals surface area contributed by atoms with Gasteiger partial charge in [-0.3, -0.25) is 9.71 Å². The van der Waals surface area contributed by atoms with E-state index in [9.17, 15) is 17.2 Å². The highest BCUT2D eigenvalue weighted by Gasteiger charge is 2.29. The molecule has 0 fully saturated rings. The van der Waals surface area contributed by atoms with Crippen LogP contribution in [-0.4, -0.2) is 27.1 Å². The van der Waals surface area contributed by atoms with Crippen molar-refractivity contribution in [2.75, 3.05) is 11.4 Å². The molecule has 0 bridgehead atoms. The molecule has 0 saturated carbocycles. The number of amidine groups is 1. The van der Waals surface area contributed by atoms with Gasteiger partial charge in [0.2, 0.25) is 0 Å². The number of hydrogen-bond acceptors (Lipinski definition) is 3. The minimum atomic E-state index is -4.65. The lowest BCUT2D eigenvalue weighted by molar-refractivity contribution is 0.234. The number of nitrogens with zero attached hydrogens (tertiary/aromatic N) is 1. The van der Waals surface area contributed by atoms with Crippen LogP contribution in [0.2, 0.25) is 0 Å². The Balaban J connectivity index is 3.06. The van der Waals surface area contributed by atoms with Crippen molar-refractivity contribution in [2.24, 2.45) is 5.73 Å². The van der Waals surface area contributed by atoms with Crippen LogP contribution in [0.5, 0.6) is 0 Å². The molecule has 0 saturated heterocycles. The first-order valence-corrected chi connectivity index (χ1v) is 5.97. The average Bonchev–Trinajstić information content (AvgIpc) is 2.27. The van der Waals surface area contributed by atoms with E-state index in [2.05, 4.69) is 0 Å². The van der Waals surface area contributed by atoms with E-state index >= 15 is 0 Å². The van der Waals surface area contributed by atoms with E-state index in [-0.39, 0.29) is 11.5 Å². The lowest BCUT2D eigenvalue weighted by Gasteiger charge is -2.18. The largest absolute Gasteiger partial charge is 0.384 e. The van der Waals surface area contributed by atoms with Gasteiger partial charge < -0.3 is 5.73 Å². The van der Waals surface area contributed by atoms with Crippen molar-refractivity contribution in [3.8, 4) is 0 Å². The number of nitrogens with one attached hydrogen (secondary N) is 1. The number of halogens is 2. The summed E-state index contributed by atoms with van der Waals surface area (Å²) < 4.78 is 47.3. The molecule has 5 nitrogen and oxygen atoms in total. The molecule has 0 spiro atoms. The van der Waals surface area contributed by atoms with E-state index in [1.54, 1.807) is 0 Å². The Kier molecular flexibility index (Phi) is 3.66. The molecule has 0 aliphatic rings. The molecule has 3 N–H and O–H groups in total. The summed E-state index contributed by atoms with van der Waals surface area (Å²) in [6, 6.07) is 5.37. The Bertz CT molecular complexity index is 514. The summed E-state index contributed by atoms with van der Waals surface area (Å²) in [4.78, 5) is 0. The van der Waals surface area contributed by atoms with Crippen LogP contribution in [-0.2, 0) is 10.0 Å². The standard InChI is InChI=1S/C9H11F2N3O2S/c1-14(17(15,16)9(10)11)7-4-2-6(3-5-7)8(12)13/h2-5,9H,1H3,(H3,12,13). The minimum Gasteiger partial charge on any atom is -0.384 e. The van der Waals surface area contributed by atoms with E-state index in [0.29, 0.717) is 9.87 Å². The molecule has 0 radical (unpaired) electrons. The summed E-state index contributed by atoms with van der Waals surface area (Å²) in [5.41, 5.74) is 5.67. The lowest BCUT2D eigenvalue weighted by atomic mass is 10.2. The van der Waals surface area contributed by atoms with Crippen molar-refractivity contribution in [3.05, 3.63) is 29.8 Å². The van der Waals surface area contributed by atoms with Gasteiger partial charge in [-0.25, -0.2) is 8.42 Å². The van der Waals surface area contributed by atoms with Gasteiger partial charge in [0, 0.05) is 12.6 Å². The molecule has 8 heteroatoms. The molecule has 17 heavy (non-hydrogen) atoms. The number of alkyl halides is 2. The summed E-state index contributed by atoms with van der Waals surface area (Å²) in [6.07, 6.45) is 0. The Labute approximate surface area is 97.4 Å². The quantitative estimate of drug-likeness (QED) is 0.626. The Morgan fingerprint density at radius 3 is 2.18 bits per heavy atom. The van der Waals surface area contributed by atoms with Gasteiger partial charge in [0.25, 0.3) is 10.0 Å². The Hall–Kier alpha value is -1.70. The highest BCUT2D eigenvalue weighted by atomic mass is 32.2. The summed E-state index contributed by atoms with van der Waals surface area (Å²) in [5.74, 6) is -3.66. The van der Waals surface area contributed by atoms with Gasteiger partial charge in [-0.15, -0.1) is 0 Å². The molecular weight excluding hydrogens is 252 g/mol. The summed E-state index contributed by atoms with van der Waals surface area (Å²) in [5, 5.41) is 7.13. The zero-order valence-electron chi connectivity index (χ0n) is 8.89. The molecule has 1 rings (SSSR count). The van der Waals surface area contributed by atoms with Crippen molar-refractivity contribution >= 4 is 21.5 Å². The highest BCUT2D eigenvalue weighted by Crippen LogP contribution is 2.20. The molecule has 0 amide bonds. The molecule has 1 aromatic carbocycles. The summed E-state index contributed by atoms with van der Waals surface area (Å²) >= 11 is 0. The molecule has 0 aromatic heterocycles. The molecular formula is C9H11F2N3O2S. The van der Waals surface area contributed by atoms with Gasteiger partial charge in [0.05, 0.1) is 5.69 Å². The van der Waals surface area contributed by atoms with Crippen molar-refractivity contribution in [1.82, 2.24) is 0 Å². The van der Waals surface area contributed by atoms with E-state index in [4.69, 9.17) is 11.1 Å². The first-order valence-electron chi connectivity index (χ1n) is 4.47. The van der Waals surface area contributed by atoms with Crippen molar-refractivity contribution in [2.45, 2.75) is 5.76 Å². The Morgan fingerprint density at radius 1 is 1.35 bits per heavy atom. The van der Waals surface area contributed by atoms with E-state index < -0.39 is 15.8 Å². The maximum absolute atomic E-state index is 12.3. The van der Waals surface area contributed by atoms with Gasteiger partial charge in [0.1, 0.15) is 5.84 Å². The minimum absolute atomic E-state index is 0.0790. The van der Waals surface area contributed by atoms with Gasteiger partial charge in [-0.2, -0.15) is 8.78 Å². The fraction of sp³-hybridized carbons (Fsp3) is 0.222. The number of nitrogens with two attached hydrogens (primary N) is 1. The highest BCUT2D eigenvalue weighted by molar-refractivity contribution is 7.93. The molecule has 0 atom stereocenters. The maximum Gasteiger partial charge on any atom is 0.355 e. The molecule has 1 aromatic rings. The third kappa shape index (κ3) is 2.70. The predicted octanol–water partition coefficient (Wildman–Crippen LogP) is 0.959. The van der Waals surface area contributed by atoms with Gasteiger partial charge >= 0.3 is 5.76 Å². The molecule has 0 unspecified atom stereocenters. The fourth-order valence-corrected chi connectivity index (χ4v) is 1.77. The predicted molar refractivity (Wildman–Crippen MR) is 60.8 cm³/mol. The van der Waals surface area contributed by atoms with E-state index in [1.165, 1.54) is 24.3 Å². The number of hydrogen-bond donors (Lipinski definition) is 2. The topological polar surface area (TPSA) is 87.2 Å². The second-order valence-electron chi connectivity index (χ2n) is 3.23.